The zero-order valence-corrected chi connectivity index (χ0v) is 17.2. The molecule has 2 aromatic rings. The molecule has 0 amide bonds. The van der Waals surface area contributed by atoms with Gasteiger partial charge in [0.2, 0.25) is 10.0 Å². The Bertz CT molecular complexity index is 900. The van der Waals surface area contributed by atoms with Gasteiger partial charge in [-0.05, 0) is 64.5 Å². The van der Waals surface area contributed by atoms with Crippen molar-refractivity contribution >= 4 is 16.0 Å². The lowest BCUT2D eigenvalue weighted by atomic mass is 9.86. The van der Waals surface area contributed by atoms with Crippen molar-refractivity contribution in [3.8, 4) is 11.5 Å². The summed E-state index contributed by atoms with van der Waals surface area (Å²) in [7, 11) is -3.32. The van der Waals surface area contributed by atoms with E-state index in [1.165, 1.54) is 6.07 Å². The van der Waals surface area contributed by atoms with E-state index in [-0.39, 0.29) is 23.5 Å². The third kappa shape index (κ3) is 4.88. The van der Waals surface area contributed by atoms with Gasteiger partial charge >= 0.3 is 6.01 Å². The second kappa shape index (κ2) is 8.16. The van der Waals surface area contributed by atoms with E-state index < -0.39 is 20.6 Å². The highest BCUT2D eigenvalue weighted by atomic mass is 32.2. The van der Waals surface area contributed by atoms with Crippen LogP contribution in [0.1, 0.15) is 46.5 Å². The molecule has 1 saturated carbocycles. The van der Waals surface area contributed by atoms with Crippen molar-refractivity contribution in [2.75, 3.05) is 11.9 Å². The Morgan fingerprint density at radius 2 is 1.82 bits per heavy atom. The zero-order valence-electron chi connectivity index (χ0n) is 16.4. The van der Waals surface area contributed by atoms with E-state index in [4.69, 9.17) is 4.42 Å². The van der Waals surface area contributed by atoms with E-state index in [0.29, 0.717) is 12.5 Å². The van der Waals surface area contributed by atoms with E-state index in [9.17, 15) is 12.8 Å². The monoisotopic (exact) mass is 410 g/mol. The third-order valence-electron chi connectivity index (χ3n) is 5.07. The number of halogens is 1. The number of nitrogens with one attached hydrogen (secondary N) is 2. The minimum absolute atomic E-state index is 0.144. The average Bonchev–Trinajstić information content (AvgIpc) is 3.09. The molecule has 3 rings (SSSR count). The Morgan fingerprint density at radius 1 is 1.14 bits per heavy atom. The standard InChI is InChI=1S/C19H27FN4O3S/c1-19(2,3)28(25,26)21-12-13-8-10-14(11-9-13)22-18-24-23-17(27-18)15-6-4-5-7-16(15)20/h4-7,13-14,21H,8-12H2,1-3H3,(H,22,24). The third-order valence-corrected chi connectivity index (χ3v) is 7.23. The van der Waals surface area contributed by atoms with Gasteiger partial charge in [-0.2, -0.15) is 0 Å². The van der Waals surface area contributed by atoms with Gasteiger partial charge in [-0.3, -0.25) is 0 Å². The predicted molar refractivity (Wildman–Crippen MR) is 106 cm³/mol. The molecule has 2 N–H and O–H groups in total. The van der Waals surface area contributed by atoms with Crippen molar-refractivity contribution in [2.45, 2.75) is 57.2 Å². The van der Waals surface area contributed by atoms with E-state index in [2.05, 4.69) is 20.2 Å². The van der Waals surface area contributed by atoms with E-state index in [1.807, 2.05) is 0 Å². The minimum Gasteiger partial charge on any atom is -0.403 e. The molecule has 0 radical (unpaired) electrons. The SMILES string of the molecule is CC(C)(C)S(=O)(=O)NCC1CCC(Nc2nnc(-c3ccccc3F)o2)CC1. The molecule has 0 saturated heterocycles. The molecule has 1 heterocycles. The van der Waals surface area contributed by atoms with Crippen LogP contribution in [0.25, 0.3) is 11.5 Å². The van der Waals surface area contributed by atoms with Crippen LogP contribution in [0.15, 0.2) is 28.7 Å². The fraction of sp³-hybridized carbons (Fsp3) is 0.579. The predicted octanol–water partition coefficient (Wildman–Crippen LogP) is 3.56. The first-order valence-corrected chi connectivity index (χ1v) is 11.0. The van der Waals surface area contributed by atoms with Crippen molar-refractivity contribution in [3.05, 3.63) is 30.1 Å². The summed E-state index contributed by atoms with van der Waals surface area (Å²) >= 11 is 0. The summed E-state index contributed by atoms with van der Waals surface area (Å²) in [5.41, 5.74) is 0.276. The number of nitrogens with zero attached hydrogens (tertiary/aromatic N) is 2. The lowest BCUT2D eigenvalue weighted by Gasteiger charge is -2.29. The van der Waals surface area contributed by atoms with Crippen molar-refractivity contribution in [1.29, 1.82) is 0 Å². The Morgan fingerprint density at radius 3 is 2.46 bits per heavy atom. The molecule has 7 nitrogen and oxygen atoms in total. The molecule has 1 aromatic carbocycles. The van der Waals surface area contributed by atoms with Crippen LogP contribution >= 0.6 is 0 Å². The topological polar surface area (TPSA) is 97.1 Å². The molecule has 1 aliphatic carbocycles. The average molecular weight is 411 g/mol. The Labute approximate surface area is 165 Å². The maximum absolute atomic E-state index is 13.8. The van der Waals surface area contributed by atoms with Crippen LogP contribution in [0, 0.1) is 11.7 Å². The van der Waals surface area contributed by atoms with Gasteiger partial charge < -0.3 is 9.73 Å². The number of rotatable bonds is 6. The van der Waals surface area contributed by atoms with Crippen molar-refractivity contribution in [2.24, 2.45) is 5.92 Å². The summed E-state index contributed by atoms with van der Waals surface area (Å²) in [6, 6.07) is 6.71. The molecule has 154 valence electrons. The highest BCUT2D eigenvalue weighted by Crippen LogP contribution is 2.28. The van der Waals surface area contributed by atoms with Gasteiger partial charge in [-0.25, -0.2) is 17.5 Å². The van der Waals surface area contributed by atoms with Crippen molar-refractivity contribution < 1.29 is 17.2 Å². The van der Waals surface area contributed by atoms with E-state index in [1.54, 1.807) is 39.0 Å². The summed E-state index contributed by atoms with van der Waals surface area (Å²) in [6.45, 7) is 5.53. The van der Waals surface area contributed by atoms with Gasteiger partial charge in [-0.1, -0.05) is 17.2 Å². The molecule has 0 atom stereocenters. The van der Waals surface area contributed by atoms with Gasteiger partial charge in [0.05, 0.1) is 10.3 Å². The molecule has 1 fully saturated rings. The molecular formula is C19H27FN4O3S. The van der Waals surface area contributed by atoms with Crippen LogP contribution in [0.5, 0.6) is 0 Å². The number of anilines is 1. The van der Waals surface area contributed by atoms with Crippen LogP contribution in [0.2, 0.25) is 0 Å². The summed E-state index contributed by atoms with van der Waals surface area (Å²) < 4.78 is 45.6. The fourth-order valence-electron chi connectivity index (χ4n) is 3.15. The van der Waals surface area contributed by atoms with Gasteiger partial charge in [0, 0.05) is 12.6 Å². The van der Waals surface area contributed by atoms with Crippen molar-refractivity contribution in [3.63, 3.8) is 0 Å². The van der Waals surface area contributed by atoms with Gasteiger partial charge in [0.25, 0.3) is 5.89 Å². The summed E-state index contributed by atoms with van der Waals surface area (Å²) in [4.78, 5) is 0. The molecule has 9 heteroatoms. The largest absolute Gasteiger partial charge is 0.403 e. The van der Waals surface area contributed by atoms with E-state index in [0.717, 1.165) is 25.7 Å². The molecule has 0 bridgehead atoms. The first-order valence-electron chi connectivity index (χ1n) is 9.50. The quantitative estimate of drug-likeness (QED) is 0.756. The molecular weight excluding hydrogens is 383 g/mol. The van der Waals surface area contributed by atoms with Crippen LogP contribution in [0.4, 0.5) is 10.4 Å². The molecule has 1 aliphatic rings. The first kappa shape index (κ1) is 20.7. The van der Waals surface area contributed by atoms with Crippen LogP contribution in [-0.4, -0.2) is 35.9 Å². The second-order valence-electron chi connectivity index (χ2n) is 8.22. The molecule has 0 aliphatic heterocycles. The summed E-state index contributed by atoms with van der Waals surface area (Å²) in [5, 5.41) is 11.1. The van der Waals surface area contributed by atoms with Gasteiger partial charge in [-0.15, -0.1) is 5.10 Å². The highest BCUT2D eigenvalue weighted by Gasteiger charge is 2.30. The lowest BCUT2D eigenvalue weighted by molar-refractivity contribution is 0.333. The summed E-state index contributed by atoms with van der Waals surface area (Å²) in [6.07, 6.45) is 3.55. The smallest absolute Gasteiger partial charge is 0.315 e. The number of hydrogen-bond donors (Lipinski definition) is 2. The number of benzene rings is 1. The maximum Gasteiger partial charge on any atom is 0.315 e. The number of aromatic nitrogens is 2. The van der Waals surface area contributed by atoms with Crippen LogP contribution < -0.4 is 10.0 Å². The zero-order chi connectivity index (χ0) is 20.4. The normalized spacial score (nSPS) is 20.9. The molecule has 0 unspecified atom stereocenters. The first-order chi connectivity index (χ1) is 13.2. The van der Waals surface area contributed by atoms with Gasteiger partial charge in [0.1, 0.15) is 5.82 Å². The van der Waals surface area contributed by atoms with Crippen molar-refractivity contribution in [1.82, 2.24) is 14.9 Å². The molecule has 1 aromatic heterocycles. The Balaban J connectivity index is 1.50. The fourth-order valence-corrected chi connectivity index (χ4v) is 4.04. The number of sulfonamides is 1. The highest BCUT2D eigenvalue weighted by molar-refractivity contribution is 7.90. The minimum atomic E-state index is -3.32. The van der Waals surface area contributed by atoms with E-state index >= 15 is 0 Å². The number of hydrogen-bond acceptors (Lipinski definition) is 6. The van der Waals surface area contributed by atoms with Gasteiger partial charge in [0.15, 0.2) is 0 Å². The summed E-state index contributed by atoms with van der Waals surface area (Å²) in [5.74, 6) is 0.0497. The maximum atomic E-state index is 13.8. The Hall–Kier alpha value is -2.00. The lowest BCUT2D eigenvalue weighted by Crippen LogP contribution is -2.42. The second-order valence-corrected chi connectivity index (χ2v) is 10.7. The molecule has 0 spiro atoms. The molecule has 28 heavy (non-hydrogen) atoms. The van der Waals surface area contributed by atoms with Crippen LogP contribution in [0.3, 0.4) is 0 Å². The van der Waals surface area contributed by atoms with Crippen LogP contribution in [-0.2, 0) is 10.0 Å². The Kier molecular flexibility index (Phi) is 6.04.